The molecule has 30 heavy (non-hydrogen) atoms. The second-order valence-corrected chi connectivity index (χ2v) is 6.49. The number of halogens is 3. The van der Waals surface area contributed by atoms with E-state index in [0.29, 0.717) is 30.2 Å². The normalized spacial score (nSPS) is 11.6. The summed E-state index contributed by atoms with van der Waals surface area (Å²) in [4.78, 5) is 15.1. The van der Waals surface area contributed by atoms with Gasteiger partial charge >= 0.3 is 6.18 Å². The molecule has 0 radical (unpaired) electrons. The molecule has 0 bridgehead atoms. The minimum Gasteiger partial charge on any atom is -0.489 e. The van der Waals surface area contributed by atoms with E-state index in [9.17, 15) is 18.0 Å². The summed E-state index contributed by atoms with van der Waals surface area (Å²) in [5.41, 5.74) is 1.28. The number of methoxy groups -OCH3 is 1. The number of aromatic nitrogens is 1. The molecule has 9 heteroatoms. The second-order valence-electron chi connectivity index (χ2n) is 6.49. The molecule has 3 rings (SSSR count). The molecule has 3 aromatic rings. The molecular formula is C21H21F3N2O4. The molecular weight excluding hydrogens is 401 g/mol. The summed E-state index contributed by atoms with van der Waals surface area (Å²) in [6, 6.07) is 10.1. The van der Waals surface area contributed by atoms with E-state index in [4.69, 9.17) is 14.2 Å². The van der Waals surface area contributed by atoms with Gasteiger partial charge in [0.25, 0.3) is 0 Å². The van der Waals surface area contributed by atoms with Crippen molar-refractivity contribution in [2.75, 3.05) is 32.2 Å². The van der Waals surface area contributed by atoms with Gasteiger partial charge in [-0.1, -0.05) is 12.1 Å². The van der Waals surface area contributed by atoms with E-state index in [1.165, 1.54) is 12.1 Å². The van der Waals surface area contributed by atoms with E-state index in [1.54, 1.807) is 31.5 Å². The third-order valence-electron chi connectivity index (χ3n) is 4.28. The van der Waals surface area contributed by atoms with E-state index in [1.807, 2.05) is 0 Å². The molecule has 0 saturated heterocycles. The average Bonchev–Trinajstić information content (AvgIpc) is 3.11. The summed E-state index contributed by atoms with van der Waals surface area (Å²) in [7, 11) is 1.55. The van der Waals surface area contributed by atoms with Crippen molar-refractivity contribution in [2.45, 2.75) is 12.8 Å². The smallest absolute Gasteiger partial charge is 0.416 e. The van der Waals surface area contributed by atoms with Crippen molar-refractivity contribution in [3.8, 4) is 5.75 Å². The summed E-state index contributed by atoms with van der Waals surface area (Å²) >= 11 is 0. The summed E-state index contributed by atoms with van der Waals surface area (Å²) in [6.07, 6.45) is -2.70. The highest BCUT2D eigenvalue weighted by Gasteiger charge is 2.29. The molecule has 0 fully saturated rings. The highest BCUT2D eigenvalue weighted by atomic mass is 19.4. The largest absolute Gasteiger partial charge is 0.489 e. The first-order valence-corrected chi connectivity index (χ1v) is 9.13. The molecule has 0 aliphatic heterocycles. The van der Waals surface area contributed by atoms with Crippen LogP contribution in [-0.2, 0) is 27.1 Å². The van der Waals surface area contributed by atoms with Gasteiger partial charge in [-0.25, -0.2) is 0 Å². The zero-order valence-electron chi connectivity index (χ0n) is 16.2. The van der Waals surface area contributed by atoms with Crippen LogP contribution in [0.3, 0.4) is 0 Å². The number of carbonyl (C=O) groups excluding carboxylic acids is 1. The zero-order valence-corrected chi connectivity index (χ0v) is 16.2. The molecule has 0 saturated carbocycles. The third-order valence-corrected chi connectivity index (χ3v) is 4.28. The van der Waals surface area contributed by atoms with Gasteiger partial charge in [-0.2, -0.15) is 13.2 Å². The molecule has 0 aliphatic carbocycles. The van der Waals surface area contributed by atoms with Gasteiger partial charge in [0.05, 0.1) is 24.5 Å². The van der Waals surface area contributed by atoms with Crippen LogP contribution < -0.4 is 10.1 Å². The molecule has 0 unspecified atom stereocenters. The lowest BCUT2D eigenvalue weighted by atomic mass is 10.1. The fraction of sp³-hybridized carbons (Fsp3) is 0.286. The van der Waals surface area contributed by atoms with Crippen molar-refractivity contribution in [1.82, 2.24) is 4.98 Å². The quantitative estimate of drug-likeness (QED) is 0.503. The Morgan fingerprint density at radius 1 is 1.10 bits per heavy atom. The molecule has 0 aliphatic rings. The van der Waals surface area contributed by atoms with Crippen molar-refractivity contribution in [2.24, 2.45) is 0 Å². The SMILES string of the molecule is COCCOCC(=O)Nc1c[nH]c2ccc(OCc3ccc(C(F)(F)F)cc3)cc12. The minimum absolute atomic E-state index is 0.0971. The molecule has 0 atom stereocenters. The van der Waals surface area contributed by atoms with Gasteiger partial charge in [-0.3, -0.25) is 4.79 Å². The first kappa shape index (κ1) is 21.7. The molecule has 0 spiro atoms. The number of hydrogen-bond donors (Lipinski definition) is 2. The molecule has 2 aromatic carbocycles. The van der Waals surface area contributed by atoms with E-state index in [2.05, 4.69) is 10.3 Å². The number of fused-ring (bicyclic) bond motifs is 1. The molecule has 1 aromatic heterocycles. The second kappa shape index (κ2) is 9.64. The lowest BCUT2D eigenvalue weighted by molar-refractivity contribution is -0.137. The standard InChI is InChI=1S/C21H21F3N2O4/c1-28-8-9-29-13-20(27)26-19-11-25-18-7-6-16(10-17(18)19)30-12-14-2-4-15(5-3-14)21(22,23)24/h2-7,10-11,25H,8-9,12-13H2,1H3,(H,26,27). The van der Waals surface area contributed by atoms with E-state index in [-0.39, 0.29) is 19.1 Å². The number of rotatable bonds is 9. The van der Waals surface area contributed by atoms with Crippen LogP contribution in [0.5, 0.6) is 5.75 Å². The first-order chi connectivity index (χ1) is 14.4. The number of nitrogens with one attached hydrogen (secondary N) is 2. The summed E-state index contributed by atoms with van der Waals surface area (Å²) < 4.78 is 53.7. The minimum atomic E-state index is -4.37. The van der Waals surface area contributed by atoms with Crippen LogP contribution in [0.25, 0.3) is 10.9 Å². The average molecular weight is 422 g/mol. The van der Waals surface area contributed by atoms with E-state index < -0.39 is 11.7 Å². The monoisotopic (exact) mass is 422 g/mol. The zero-order chi connectivity index (χ0) is 21.6. The Hall–Kier alpha value is -3.04. The molecule has 2 N–H and O–H groups in total. The number of alkyl halides is 3. The fourth-order valence-electron chi connectivity index (χ4n) is 2.74. The Kier molecular flexibility index (Phi) is 6.96. The number of ether oxygens (including phenoxy) is 3. The van der Waals surface area contributed by atoms with Crippen molar-refractivity contribution in [3.05, 3.63) is 59.8 Å². The Labute approximate surface area is 170 Å². The first-order valence-electron chi connectivity index (χ1n) is 9.13. The predicted molar refractivity (Wildman–Crippen MR) is 105 cm³/mol. The van der Waals surface area contributed by atoms with Crippen molar-refractivity contribution < 1.29 is 32.2 Å². The Bertz CT molecular complexity index is 984. The summed E-state index contributed by atoms with van der Waals surface area (Å²) in [5.74, 6) is 0.219. The Balaban J connectivity index is 1.62. The van der Waals surface area contributed by atoms with Gasteiger partial charge in [-0.15, -0.1) is 0 Å². The number of aromatic amines is 1. The summed E-state index contributed by atoms with van der Waals surface area (Å²) in [6.45, 7) is 0.739. The number of hydrogen-bond acceptors (Lipinski definition) is 4. The molecule has 6 nitrogen and oxygen atoms in total. The van der Waals surface area contributed by atoms with Crippen LogP contribution in [0.2, 0.25) is 0 Å². The molecule has 1 heterocycles. The number of amides is 1. The van der Waals surface area contributed by atoms with Gasteiger partial charge in [0.1, 0.15) is 19.0 Å². The van der Waals surface area contributed by atoms with E-state index >= 15 is 0 Å². The van der Waals surface area contributed by atoms with Crippen LogP contribution in [-0.4, -0.2) is 37.8 Å². The van der Waals surface area contributed by atoms with Crippen LogP contribution in [0.1, 0.15) is 11.1 Å². The molecule has 1 amide bonds. The maximum absolute atomic E-state index is 12.6. The van der Waals surface area contributed by atoms with Gasteiger partial charge in [0.15, 0.2) is 0 Å². The van der Waals surface area contributed by atoms with E-state index in [0.717, 1.165) is 23.0 Å². The van der Waals surface area contributed by atoms with Crippen LogP contribution in [0.15, 0.2) is 48.7 Å². The van der Waals surface area contributed by atoms with Crippen LogP contribution in [0.4, 0.5) is 18.9 Å². The number of benzene rings is 2. The van der Waals surface area contributed by atoms with Gasteiger partial charge < -0.3 is 24.5 Å². The van der Waals surface area contributed by atoms with Crippen molar-refractivity contribution in [3.63, 3.8) is 0 Å². The third kappa shape index (κ3) is 5.74. The molecule has 160 valence electrons. The van der Waals surface area contributed by atoms with Crippen molar-refractivity contribution >= 4 is 22.5 Å². The van der Waals surface area contributed by atoms with Gasteiger partial charge in [0, 0.05) is 24.2 Å². The van der Waals surface area contributed by atoms with Gasteiger partial charge in [-0.05, 0) is 35.9 Å². The van der Waals surface area contributed by atoms with Crippen molar-refractivity contribution in [1.29, 1.82) is 0 Å². The lowest BCUT2D eigenvalue weighted by Crippen LogP contribution is -2.19. The van der Waals surface area contributed by atoms with Gasteiger partial charge in [0.2, 0.25) is 5.91 Å². The Morgan fingerprint density at radius 3 is 2.57 bits per heavy atom. The number of anilines is 1. The highest BCUT2D eigenvalue weighted by molar-refractivity contribution is 6.02. The number of H-pyrrole nitrogens is 1. The predicted octanol–water partition coefficient (Wildman–Crippen LogP) is 4.37. The highest BCUT2D eigenvalue weighted by Crippen LogP contribution is 2.30. The summed E-state index contributed by atoms with van der Waals surface area (Å²) in [5, 5.41) is 3.51. The topological polar surface area (TPSA) is 72.6 Å². The fourth-order valence-corrected chi connectivity index (χ4v) is 2.74. The lowest BCUT2D eigenvalue weighted by Gasteiger charge is -2.10. The van der Waals surface area contributed by atoms with Crippen LogP contribution in [0, 0.1) is 0 Å². The maximum Gasteiger partial charge on any atom is 0.416 e. The Morgan fingerprint density at radius 2 is 1.87 bits per heavy atom. The maximum atomic E-state index is 12.6. The van der Waals surface area contributed by atoms with Crippen LogP contribution >= 0.6 is 0 Å². The number of carbonyl (C=O) groups is 1.